The fraction of sp³-hybridized carbons (Fsp3) is 0.438. The summed E-state index contributed by atoms with van der Waals surface area (Å²) in [6.45, 7) is 3.82. The molecule has 0 unspecified atom stereocenters. The monoisotopic (exact) mass is 345 g/mol. The van der Waals surface area contributed by atoms with Crippen LogP contribution in [0.1, 0.15) is 35.6 Å². The number of aromatic nitrogens is 4. The van der Waals surface area contributed by atoms with Gasteiger partial charge in [0.1, 0.15) is 5.82 Å². The highest BCUT2D eigenvalue weighted by molar-refractivity contribution is 5.93. The maximum absolute atomic E-state index is 12.7. The number of hydrogen-bond acceptors (Lipinski definition) is 6. The summed E-state index contributed by atoms with van der Waals surface area (Å²) in [6, 6.07) is 0.535. The number of carbonyl (C=O) groups excluding carboxylic acids is 1. The van der Waals surface area contributed by atoms with E-state index in [1.807, 2.05) is 0 Å². The van der Waals surface area contributed by atoms with Crippen molar-refractivity contribution in [1.29, 1.82) is 0 Å². The van der Waals surface area contributed by atoms with Gasteiger partial charge in [-0.15, -0.1) is 0 Å². The lowest BCUT2D eigenvalue weighted by Gasteiger charge is -2.43. The van der Waals surface area contributed by atoms with Crippen LogP contribution in [0.15, 0.2) is 34.2 Å². The molecule has 3 heterocycles. The van der Waals surface area contributed by atoms with Gasteiger partial charge in [0.25, 0.3) is 11.5 Å². The number of hydrogen-bond donors (Lipinski definition) is 2. The molecule has 2 aromatic heterocycles. The molecular weight excluding hydrogens is 326 g/mol. The number of nitrogens with zero attached hydrogens (tertiary/aromatic N) is 4. The molecule has 2 N–H and O–H groups in total. The third-order valence-corrected chi connectivity index (χ3v) is 4.50. The molecule has 0 radical (unpaired) electrons. The van der Waals surface area contributed by atoms with Crippen molar-refractivity contribution < 1.29 is 9.90 Å². The molecule has 9 nitrogen and oxygen atoms in total. The minimum Gasteiger partial charge on any atom is -0.388 e. The van der Waals surface area contributed by atoms with E-state index < -0.39 is 22.9 Å². The van der Waals surface area contributed by atoms with E-state index in [-0.39, 0.29) is 12.5 Å². The van der Waals surface area contributed by atoms with Crippen LogP contribution in [0.25, 0.3) is 0 Å². The smallest absolute Gasteiger partial charge is 0.328 e. The fourth-order valence-corrected chi connectivity index (χ4v) is 2.96. The predicted molar refractivity (Wildman–Crippen MR) is 88.3 cm³/mol. The molecule has 9 heteroatoms. The van der Waals surface area contributed by atoms with Gasteiger partial charge in [0, 0.05) is 37.7 Å². The van der Waals surface area contributed by atoms with Crippen LogP contribution in [0.4, 0.5) is 0 Å². The van der Waals surface area contributed by atoms with E-state index in [1.165, 1.54) is 29.2 Å². The first-order chi connectivity index (χ1) is 11.8. The standard InChI is InChI=1S/C16H19N5O4/c1-10-17-7-11(8-18-10)14(23)20-6-4-16(2,25)12(9-20)21-5-3-13(22)19-15(21)24/h3,5,7-8,12,25H,4,6,9H2,1-2H3,(H,19,22,24)/t12-,16-/m1/s1. The lowest BCUT2D eigenvalue weighted by Crippen LogP contribution is -2.55. The summed E-state index contributed by atoms with van der Waals surface area (Å²) in [4.78, 5) is 47.8. The van der Waals surface area contributed by atoms with Gasteiger partial charge in [0.05, 0.1) is 17.2 Å². The van der Waals surface area contributed by atoms with Crippen molar-refractivity contribution in [1.82, 2.24) is 24.4 Å². The molecule has 0 bridgehead atoms. The molecule has 2 aromatic rings. The fourth-order valence-electron chi connectivity index (χ4n) is 2.96. The molecule has 0 spiro atoms. The van der Waals surface area contributed by atoms with Crippen molar-refractivity contribution in [3.63, 3.8) is 0 Å². The molecule has 132 valence electrons. The second kappa shape index (κ2) is 6.25. The Hall–Kier alpha value is -2.81. The normalized spacial score (nSPS) is 23.5. The predicted octanol–water partition coefficient (Wildman–Crippen LogP) is -0.527. The Morgan fingerprint density at radius 2 is 2.04 bits per heavy atom. The summed E-state index contributed by atoms with van der Waals surface area (Å²) in [5, 5.41) is 10.7. The zero-order chi connectivity index (χ0) is 18.2. The first kappa shape index (κ1) is 17.0. The molecular formula is C16H19N5O4. The Labute approximate surface area is 143 Å². The minimum atomic E-state index is -1.19. The molecule has 1 amide bonds. The number of piperidine rings is 1. The number of amides is 1. The van der Waals surface area contributed by atoms with Crippen molar-refractivity contribution in [2.24, 2.45) is 0 Å². The first-order valence-electron chi connectivity index (χ1n) is 7.90. The van der Waals surface area contributed by atoms with Crippen LogP contribution in [-0.4, -0.2) is 54.1 Å². The third-order valence-electron chi connectivity index (χ3n) is 4.50. The highest BCUT2D eigenvalue weighted by atomic mass is 16.3. The van der Waals surface area contributed by atoms with Crippen molar-refractivity contribution in [3.8, 4) is 0 Å². The second-order valence-corrected chi connectivity index (χ2v) is 6.41. The van der Waals surface area contributed by atoms with Gasteiger partial charge in [-0.1, -0.05) is 0 Å². The average Bonchev–Trinajstić information content (AvgIpc) is 2.55. The van der Waals surface area contributed by atoms with E-state index in [0.717, 1.165) is 0 Å². The van der Waals surface area contributed by atoms with Crippen molar-refractivity contribution in [2.45, 2.75) is 31.9 Å². The van der Waals surface area contributed by atoms with Gasteiger partial charge >= 0.3 is 5.69 Å². The van der Waals surface area contributed by atoms with Gasteiger partial charge in [-0.25, -0.2) is 14.8 Å². The molecule has 1 aliphatic heterocycles. The molecule has 1 fully saturated rings. The molecule has 1 aliphatic rings. The molecule has 0 aromatic carbocycles. The van der Waals surface area contributed by atoms with Gasteiger partial charge in [0.2, 0.25) is 0 Å². The molecule has 25 heavy (non-hydrogen) atoms. The number of likely N-dealkylation sites (tertiary alicyclic amines) is 1. The van der Waals surface area contributed by atoms with E-state index in [4.69, 9.17) is 0 Å². The Bertz CT molecular complexity index is 900. The van der Waals surface area contributed by atoms with Gasteiger partial charge in [0.15, 0.2) is 0 Å². The minimum absolute atomic E-state index is 0.131. The number of H-pyrrole nitrogens is 1. The van der Waals surface area contributed by atoms with E-state index in [0.29, 0.717) is 24.4 Å². The van der Waals surface area contributed by atoms with Crippen molar-refractivity contribution in [2.75, 3.05) is 13.1 Å². The number of rotatable bonds is 2. The van der Waals surface area contributed by atoms with Crippen LogP contribution in [-0.2, 0) is 0 Å². The Morgan fingerprint density at radius 1 is 1.36 bits per heavy atom. The van der Waals surface area contributed by atoms with Gasteiger partial charge in [-0.3, -0.25) is 19.1 Å². The number of aliphatic hydroxyl groups is 1. The summed E-state index contributed by atoms with van der Waals surface area (Å²) in [5.41, 5.74) is -1.98. The summed E-state index contributed by atoms with van der Waals surface area (Å²) in [7, 11) is 0. The number of aryl methyl sites for hydroxylation is 1. The first-order valence-corrected chi connectivity index (χ1v) is 7.90. The summed E-state index contributed by atoms with van der Waals surface area (Å²) in [5.74, 6) is 0.300. The molecule has 3 rings (SSSR count). The Morgan fingerprint density at radius 3 is 2.68 bits per heavy atom. The van der Waals surface area contributed by atoms with Crippen LogP contribution < -0.4 is 11.2 Å². The summed E-state index contributed by atoms with van der Waals surface area (Å²) >= 11 is 0. The zero-order valence-corrected chi connectivity index (χ0v) is 14.0. The molecule has 1 saturated heterocycles. The maximum Gasteiger partial charge on any atom is 0.328 e. The Balaban J connectivity index is 1.90. The topological polar surface area (TPSA) is 121 Å². The van der Waals surface area contributed by atoms with Gasteiger partial charge < -0.3 is 10.0 Å². The highest BCUT2D eigenvalue weighted by Crippen LogP contribution is 2.31. The van der Waals surface area contributed by atoms with Crippen molar-refractivity contribution >= 4 is 5.91 Å². The number of aromatic amines is 1. The van der Waals surface area contributed by atoms with Crippen LogP contribution in [0.5, 0.6) is 0 Å². The molecule has 2 atom stereocenters. The summed E-state index contributed by atoms with van der Waals surface area (Å²) < 4.78 is 1.26. The molecule has 0 aliphatic carbocycles. The lowest BCUT2D eigenvalue weighted by atomic mass is 9.88. The number of carbonyl (C=O) groups is 1. The average molecular weight is 345 g/mol. The van der Waals surface area contributed by atoms with E-state index in [9.17, 15) is 19.5 Å². The van der Waals surface area contributed by atoms with Crippen LogP contribution in [0, 0.1) is 6.92 Å². The number of nitrogens with one attached hydrogen (secondary N) is 1. The third kappa shape index (κ3) is 3.36. The van der Waals surface area contributed by atoms with E-state index in [2.05, 4.69) is 15.0 Å². The molecule has 0 saturated carbocycles. The van der Waals surface area contributed by atoms with E-state index in [1.54, 1.807) is 18.7 Å². The Kier molecular flexibility index (Phi) is 4.25. The van der Waals surface area contributed by atoms with Crippen LogP contribution in [0.3, 0.4) is 0 Å². The zero-order valence-electron chi connectivity index (χ0n) is 14.0. The lowest BCUT2D eigenvalue weighted by molar-refractivity contribution is -0.0459. The van der Waals surface area contributed by atoms with E-state index >= 15 is 0 Å². The quantitative estimate of drug-likeness (QED) is 0.755. The SMILES string of the molecule is Cc1ncc(C(=O)N2CC[C@@](C)(O)[C@H](n3ccc(=O)[nH]c3=O)C2)cn1. The van der Waals surface area contributed by atoms with Gasteiger partial charge in [-0.05, 0) is 20.3 Å². The maximum atomic E-state index is 12.7. The highest BCUT2D eigenvalue weighted by Gasteiger charge is 2.41. The second-order valence-electron chi connectivity index (χ2n) is 6.41. The summed E-state index contributed by atoms with van der Waals surface area (Å²) in [6.07, 6.45) is 4.54. The van der Waals surface area contributed by atoms with Crippen LogP contribution >= 0.6 is 0 Å². The largest absolute Gasteiger partial charge is 0.388 e. The van der Waals surface area contributed by atoms with Crippen LogP contribution in [0.2, 0.25) is 0 Å². The van der Waals surface area contributed by atoms with Gasteiger partial charge in [-0.2, -0.15) is 0 Å². The van der Waals surface area contributed by atoms with Crippen molar-refractivity contribution in [3.05, 3.63) is 56.9 Å².